The van der Waals surface area contributed by atoms with Crippen molar-refractivity contribution in [1.82, 2.24) is 4.98 Å². The number of amides is 1. The highest BCUT2D eigenvalue weighted by molar-refractivity contribution is 6.49. The molecule has 4 nitrogen and oxygen atoms in total. The molecular weight excluding hydrogens is 383 g/mol. The van der Waals surface area contributed by atoms with E-state index in [1.807, 2.05) is 31.2 Å². The molecule has 2 heterocycles. The summed E-state index contributed by atoms with van der Waals surface area (Å²) in [5, 5.41) is 0.315. The molecular formula is C18H13Cl3N2O2. The SMILES string of the molecule is Cc1ccc(N(Cc2ccco2)C(=O)c2ncc(Cl)c(Cl)c2Cl)cc1. The number of furan rings is 1. The fraction of sp³-hybridized carbons (Fsp3) is 0.111. The van der Waals surface area contributed by atoms with E-state index in [-0.39, 0.29) is 27.3 Å². The normalized spacial score (nSPS) is 10.7. The van der Waals surface area contributed by atoms with Crippen LogP contribution in [0.5, 0.6) is 0 Å². The fourth-order valence-corrected chi connectivity index (χ4v) is 2.85. The Morgan fingerprint density at radius 1 is 1.12 bits per heavy atom. The molecule has 0 aliphatic rings. The van der Waals surface area contributed by atoms with Gasteiger partial charge < -0.3 is 4.42 Å². The summed E-state index contributed by atoms with van der Waals surface area (Å²) in [5.41, 5.74) is 1.80. The highest BCUT2D eigenvalue weighted by Gasteiger charge is 2.24. The van der Waals surface area contributed by atoms with Gasteiger partial charge in [-0.1, -0.05) is 52.5 Å². The lowest BCUT2D eigenvalue weighted by molar-refractivity contribution is 0.0978. The van der Waals surface area contributed by atoms with Crippen molar-refractivity contribution >= 4 is 46.4 Å². The van der Waals surface area contributed by atoms with E-state index in [0.29, 0.717) is 11.4 Å². The van der Waals surface area contributed by atoms with E-state index in [1.54, 1.807) is 18.4 Å². The predicted molar refractivity (Wildman–Crippen MR) is 99.7 cm³/mol. The molecule has 0 unspecified atom stereocenters. The minimum atomic E-state index is -0.399. The van der Waals surface area contributed by atoms with Gasteiger partial charge in [-0.2, -0.15) is 0 Å². The third kappa shape index (κ3) is 3.82. The van der Waals surface area contributed by atoms with Crippen molar-refractivity contribution in [3.05, 3.63) is 80.9 Å². The lowest BCUT2D eigenvalue weighted by atomic mass is 10.2. The van der Waals surface area contributed by atoms with Crippen LogP contribution in [0.1, 0.15) is 21.8 Å². The van der Waals surface area contributed by atoms with E-state index >= 15 is 0 Å². The zero-order valence-electron chi connectivity index (χ0n) is 13.2. The molecule has 0 aliphatic heterocycles. The van der Waals surface area contributed by atoms with Gasteiger partial charge in [0.05, 0.1) is 27.9 Å². The van der Waals surface area contributed by atoms with Crippen LogP contribution in [-0.2, 0) is 6.54 Å². The van der Waals surface area contributed by atoms with Gasteiger partial charge in [-0.25, -0.2) is 4.98 Å². The number of pyridine rings is 1. The van der Waals surface area contributed by atoms with Crippen LogP contribution >= 0.6 is 34.8 Å². The Balaban J connectivity index is 2.03. The predicted octanol–water partition coefficient (Wildman–Crippen LogP) is 5.79. The van der Waals surface area contributed by atoms with Gasteiger partial charge in [0.1, 0.15) is 11.5 Å². The molecule has 7 heteroatoms. The number of hydrogen-bond donors (Lipinski definition) is 0. The summed E-state index contributed by atoms with van der Waals surface area (Å²) in [6.07, 6.45) is 2.86. The summed E-state index contributed by atoms with van der Waals surface area (Å²) in [6, 6.07) is 11.1. The first-order valence-corrected chi connectivity index (χ1v) is 8.51. The van der Waals surface area contributed by atoms with E-state index < -0.39 is 5.91 Å². The van der Waals surface area contributed by atoms with Crippen molar-refractivity contribution < 1.29 is 9.21 Å². The summed E-state index contributed by atoms with van der Waals surface area (Å²) < 4.78 is 5.37. The molecule has 0 radical (unpaired) electrons. The van der Waals surface area contributed by atoms with Gasteiger partial charge in [0.15, 0.2) is 0 Å². The van der Waals surface area contributed by atoms with Crippen LogP contribution in [0.3, 0.4) is 0 Å². The molecule has 128 valence electrons. The Labute approximate surface area is 159 Å². The van der Waals surface area contributed by atoms with Crippen LogP contribution in [0.25, 0.3) is 0 Å². The van der Waals surface area contributed by atoms with Gasteiger partial charge in [-0.05, 0) is 31.2 Å². The van der Waals surface area contributed by atoms with Gasteiger partial charge in [0, 0.05) is 11.9 Å². The van der Waals surface area contributed by atoms with Crippen molar-refractivity contribution in [2.45, 2.75) is 13.5 Å². The Bertz CT molecular complexity index is 893. The number of benzene rings is 1. The van der Waals surface area contributed by atoms with Crippen LogP contribution in [0.2, 0.25) is 15.1 Å². The number of anilines is 1. The summed E-state index contributed by atoms with van der Waals surface area (Å²) in [5.74, 6) is 0.230. The van der Waals surface area contributed by atoms with Crippen LogP contribution in [-0.4, -0.2) is 10.9 Å². The first-order chi connectivity index (χ1) is 12.0. The monoisotopic (exact) mass is 394 g/mol. The molecule has 2 aromatic heterocycles. The van der Waals surface area contributed by atoms with E-state index in [2.05, 4.69) is 4.98 Å². The Kier molecular flexibility index (Phi) is 5.33. The molecule has 0 saturated heterocycles. The van der Waals surface area contributed by atoms with Crippen molar-refractivity contribution in [3.8, 4) is 0 Å². The number of aromatic nitrogens is 1. The largest absolute Gasteiger partial charge is 0.467 e. The maximum absolute atomic E-state index is 13.1. The number of hydrogen-bond acceptors (Lipinski definition) is 3. The van der Waals surface area contributed by atoms with Crippen molar-refractivity contribution in [1.29, 1.82) is 0 Å². The highest BCUT2D eigenvalue weighted by atomic mass is 35.5. The Morgan fingerprint density at radius 2 is 1.84 bits per heavy atom. The number of carbonyl (C=O) groups excluding carboxylic acids is 1. The maximum Gasteiger partial charge on any atom is 0.278 e. The fourth-order valence-electron chi connectivity index (χ4n) is 2.28. The molecule has 0 fully saturated rings. The average Bonchev–Trinajstić information content (AvgIpc) is 3.11. The molecule has 0 N–H and O–H groups in total. The molecule has 1 aromatic carbocycles. The number of aryl methyl sites for hydroxylation is 1. The molecule has 1 amide bonds. The minimum Gasteiger partial charge on any atom is -0.467 e. The first-order valence-electron chi connectivity index (χ1n) is 7.38. The molecule has 0 saturated carbocycles. The quantitative estimate of drug-likeness (QED) is 0.561. The molecule has 3 aromatic rings. The summed E-state index contributed by atoms with van der Waals surface area (Å²) in [6.45, 7) is 2.20. The third-order valence-corrected chi connectivity index (χ3v) is 4.85. The summed E-state index contributed by atoms with van der Waals surface area (Å²) in [7, 11) is 0. The van der Waals surface area contributed by atoms with Crippen LogP contribution in [0.15, 0.2) is 53.3 Å². The van der Waals surface area contributed by atoms with Gasteiger partial charge in [-0.15, -0.1) is 0 Å². The van der Waals surface area contributed by atoms with E-state index in [0.717, 1.165) is 5.56 Å². The standard InChI is InChI=1S/C18H13Cl3N2O2/c1-11-4-6-12(7-5-11)23(10-13-3-2-8-25-13)18(24)17-16(21)15(20)14(19)9-22-17/h2-9H,10H2,1H3. The number of rotatable bonds is 4. The van der Waals surface area contributed by atoms with Crippen LogP contribution in [0.4, 0.5) is 5.69 Å². The zero-order chi connectivity index (χ0) is 18.0. The maximum atomic E-state index is 13.1. The van der Waals surface area contributed by atoms with E-state index in [9.17, 15) is 4.79 Å². The molecule has 3 rings (SSSR count). The van der Waals surface area contributed by atoms with Crippen molar-refractivity contribution in [2.75, 3.05) is 4.90 Å². The number of halogens is 3. The van der Waals surface area contributed by atoms with Gasteiger partial charge >= 0.3 is 0 Å². The zero-order valence-corrected chi connectivity index (χ0v) is 15.4. The summed E-state index contributed by atoms with van der Waals surface area (Å²) >= 11 is 18.1. The molecule has 0 bridgehead atoms. The second-order valence-electron chi connectivity index (χ2n) is 5.39. The minimum absolute atomic E-state index is 0.0238. The second kappa shape index (κ2) is 7.48. The number of nitrogens with zero attached hydrogens (tertiary/aromatic N) is 2. The molecule has 0 atom stereocenters. The highest BCUT2D eigenvalue weighted by Crippen LogP contribution is 2.32. The van der Waals surface area contributed by atoms with Crippen molar-refractivity contribution in [2.24, 2.45) is 0 Å². The molecule has 0 spiro atoms. The van der Waals surface area contributed by atoms with Crippen molar-refractivity contribution in [3.63, 3.8) is 0 Å². The van der Waals surface area contributed by atoms with Gasteiger partial charge in [0.2, 0.25) is 0 Å². The van der Waals surface area contributed by atoms with E-state index in [1.165, 1.54) is 11.1 Å². The topological polar surface area (TPSA) is 46.3 Å². The first kappa shape index (κ1) is 17.8. The van der Waals surface area contributed by atoms with Crippen LogP contribution in [0, 0.1) is 6.92 Å². The second-order valence-corrected chi connectivity index (χ2v) is 6.55. The van der Waals surface area contributed by atoms with Gasteiger partial charge in [-0.3, -0.25) is 9.69 Å². The van der Waals surface area contributed by atoms with Gasteiger partial charge in [0.25, 0.3) is 5.91 Å². The Hall–Kier alpha value is -2.01. The third-order valence-electron chi connectivity index (χ3n) is 3.60. The van der Waals surface area contributed by atoms with E-state index in [4.69, 9.17) is 39.2 Å². The van der Waals surface area contributed by atoms with Crippen LogP contribution < -0.4 is 4.90 Å². The lowest BCUT2D eigenvalue weighted by Gasteiger charge is -2.22. The Morgan fingerprint density at radius 3 is 2.48 bits per heavy atom. The summed E-state index contributed by atoms with van der Waals surface area (Å²) in [4.78, 5) is 18.7. The smallest absolute Gasteiger partial charge is 0.278 e. The molecule has 25 heavy (non-hydrogen) atoms. The lowest BCUT2D eigenvalue weighted by Crippen LogP contribution is -2.31. The number of carbonyl (C=O) groups is 1. The molecule has 0 aliphatic carbocycles. The average molecular weight is 396 g/mol.